The molecule has 1 unspecified atom stereocenters. The zero-order valence-electron chi connectivity index (χ0n) is 12.2. The second-order valence-corrected chi connectivity index (χ2v) is 5.16. The normalized spacial score (nSPS) is 12.6. The standard InChI is InChI=1S/C16H21NO3/c1-4-6-12(18)9-17-16(19)15-11(3)13-8-5-7-10(2)14(13)20-15/h5,7-8,12,18H,4,6,9H2,1-3H3,(H,17,19). The van der Waals surface area contributed by atoms with Crippen molar-refractivity contribution in [2.45, 2.75) is 39.7 Å². The Morgan fingerprint density at radius 3 is 2.80 bits per heavy atom. The number of aryl methyl sites for hydroxylation is 2. The SMILES string of the molecule is CCCC(O)CNC(=O)c1oc2c(C)cccc2c1C. The van der Waals surface area contributed by atoms with Crippen molar-refractivity contribution in [3.05, 3.63) is 35.1 Å². The Labute approximate surface area is 118 Å². The Hall–Kier alpha value is -1.81. The maximum atomic E-state index is 12.1. The highest BCUT2D eigenvalue weighted by Crippen LogP contribution is 2.27. The van der Waals surface area contributed by atoms with Crippen LogP contribution in [-0.4, -0.2) is 23.7 Å². The highest BCUT2D eigenvalue weighted by molar-refractivity contribution is 5.99. The number of fused-ring (bicyclic) bond motifs is 1. The number of aliphatic hydroxyl groups is 1. The fourth-order valence-electron chi connectivity index (χ4n) is 2.33. The van der Waals surface area contributed by atoms with Crippen LogP contribution in [-0.2, 0) is 0 Å². The first-order valence-corrected chi connectivity index (χ1v) is 6.99. The Morgan fingerprint density at radius 1 is 1.40 bits per heavy atom. The van der Waals surface area contributed by atoms with E-state index in [-0.39, 0.29) is 12.5 Å². The number of hydrogen-bond donors (Lipinski definition) is 2. The molecule has 0 aliphatic heterocycles. The van der Waals surface area contributed by atoms with Gasteiger partial charge in [-0.25, -0.2) is 0 Å². The molecule has 1 aromatic carbocycles. The zero-order valence-corrected chi connectivity index (χ0v) is 12.2. The summed E-state index contributed by atoms with van der Waals surface area (Å²) in [6.07, 6.45) is 1.06. The second-order valence-electron chi connectivity index (χ2n) is 5.16. The van der Waals surface area contributed by atoms with E-state index in [2.05, 4.69) is 5.32 Å². The van der Waals surface area contributed by atoms with Crippen molar-refractivity contribution in [3.8, 4) is 0 Å². The first-order chi connectivity index (χ1) is 9.54. The van der Waals surface area contributed by atoms with Gasteiger partial charge in [0.05, 0.1) is 6.10 Å². The van der Waals surface area contributed by atoms with Gasteiger partial charge in [-0.1, -0.05) is 31.5 Å². The minimum atomic E-state index is -0.504. The number of amides is 1. The molecule has 0 saturated carbocycles. The third-order valence-corrected chi connectivity index (χ3v) is 3.49. The quantitative estimate of drug-likeness (QED) is 0.882. The van der Waals surface area contributed by atoms with Crippen molar-refractivity contribution in [3.63, 3.8) is 0 Å². The van der Waals surface area contributed by atoms with Crippen LogP contribution in [0.3, 0.4) is 0 Å². The third-order valence-electron chi connectivity index (χ3n) is 3.49. The maximum absolute atomic E-state index is 12.1. The lowest BCUT2D eigenvalue weighted by molar-refractivity contribution is 0.0884. The van der Waals surface area contributed by atoms with Crippen LogP contribution in [0.15, 0.2) is 22.6 Å². The van der Waals surface area contributed by atoms with E-state index in [4.69, 9.17) is 4.42 Å². The first-order valence-electron chi connectivity index (χ1n) is 6.99. The van der Waals surface area contributed by atoms with E-state index in [1.807, 2.05) is 39.0 Å². The van der Waals surface area contributed by atoms with Crippen LogP contribution in [0.4, 0.5) is 0 Å². The predicted molar refractivity (Wildman–Crippen MR) is 78.9 cm³/mol. The molecular weight excluding hydrogens is 254 g/mol. The number of carbonyl (C=O) groups excluding carboxylic acids is 1. The van der Waals surface area contributed by atoms with Gasteiger partial charge in [-0.05, 0) is 25.8 Å². The Bertz CT molecular complexity index is 615. The molecule has 0 bridgehead atoms. The molecule has 1 amide bonds. The fourth-order valence-corrected chi connectivity index (χ4v) is 2.33. The van der Waals surface area contributed by atoms with Gasteiger partial charge >= 0.3 is 0 Å². The van der Waals surface area contributed by atoms with E-state index in [9.17, 15) is 9.90 Å². The summed E-state index contributed by atoms with van der Waals surface area (Å²) in [6, 6.07) is 5.86. The molecule has 1 heterocycles. The number of aliphatic hydroxyl groups excluding tert-OH is 1. The Balaban J connectivity index is 2.18. The second kappa shape index (κ2) is 6.09. The van der Waals surface area contributed by atoms with Crippen LogP contribution < -0.4 is 5.32 Å². The van der Waals surface area contributed by atoms with E-state index in [0.29, 0.717) is 12.2 Å². The smallest absolute Gasteiger partial charge is 0.287 e. The van der Waals surface area contributed by atoms with Crippen LogP contribution in [0.25, 0.3) is 11.0 Å². The molecule has 0 saturated heterocycles. The first kappa shape index (κ1) is 14.6. The highest BCUT2D eigenvalue weighted by Gasteiger charge is 2.18. The number of hydrogen-bond acceptors (Lipinski definition) is 3. The molecule has 2 rings (SSSR count). The van der Waals surface area contributed by atoms with Gasteiger partial charge in [0.25, 0.3) is 5.91 Å². The third kappa shape index (κ3) is 2.85. The van der Waals surface area contributed by atoms with Crippen molar-refractivity contribution in [2.24, 2.45) is 0 Å². The summed E-state index contributed by atoms with van der Waals surface area (Å²) in [7, 11) is 0. The summed E-state index contributed by atoms with van der Waals surface area (Å²) in [5.74, 6) is 0.0613. The van der Waals surface area contributed by atoms with E-state index in [0.717, 1.165) is 28.5 Å². The van der Waals surface area contributed by atoms with Gasteiger partial charge in [0.1, 0.15) is 5.58 Å². The Kier molecular flexibility index (Phi) is 4.45. The zero-order chi connectivity index (χ0) is 14.7. The molecule has 4 heteroatoms. The van der Waals surface area contributed by atoms with Crippen molar-refractivity contribution in [1.82, 2.24) is 5.32 Å². The molecule has 0 spiro atoms. The maximum Gasteiger partial charge on any atom is 0.287 e. The van der Waals surface area contributed by atoms with Crippen molar-refractivity contribution < 1.29 is 14.3 Å². The van der Waals surface area contributed by atoms with Gasteiger partial charge in [-0.2, -0.15) is 0 Å². The summed E-state index contributed by atoms with van der Waals surface area (Å²) >= 11 is 0. The van der Waals surface area contributed by atoms with Gasteiger partial charge in [-0.3, -0.25) is 4.79 Å². The molecule has 4 nitrogen and oxygen atoms in total. The van der Waals surface area contributed by atoms with Gasteiger partial charge in [-0.15, -0.1) is 0 Å². The van der Waals surface area contributed by atoms with E-state index in [1.165, 1.54) is 0 Å². The summed E-state index contributed by atoms with van der Waals surface area (Å²) in [6.45, 7) is 6.08. The monoisotopic (exact) mass is 275 g/mol. The molecule has 2 aromatic rings. The topological polar surface area (TPSA) is 62.5 Å². The summed E-state index contributed by atoms with van der Waals surface area (Å²) < 4.78 is 5.69. The minimum Gasteiger partial charge on any atom is -0.450 e. The number of furan rings is 1. The minimum absolute atomic E-state index is 0.252. The average Bonchev–Trinajstić information content (AvgIpc) is 2.76. The van der Waals surface area contributed by atoms with Crippen LogP contribution in [0.5, 0.6) is 0 Å². The molecule has 2 N–H and O–H groups in total. The number of nitrogens with one attached hydrogen (secondary N) is 1. The highest BCUT2D eigenvalue weighted by atomic mass is 16.3. The molecule has 0 aliphatic rings. The lowest BCUT2D eigenvalue weighted by Gasteiger charge is -2.09. The largest absolute Gasteiger partial charge is 0.450 e. The predicted octanol–water partition coefficient (Wildman–Crippen LogP) is 2.94. The lowest BCUT2D eigenvalue weighted by atomic mass is 10.1. The lowest BCUT2D eigenvalue weighted by Crippen LogP contribution is -2.32. The number of rotatable bonds is 5. The van der Waals surface area contributed by atoms with E-state index in [1.54, 1.807) is 0 Å². The fraction of sp³-hybridized carbons (Fsp3) is 0.438. The van der Waals surface area contributed by atoms with Crippen LogP contribution in [0.2, 0.25) is 0 Å². The van der Waals surface area contributed by atoms with Crippen LogP contribution >= 0.6 is 0 Å². The molecule has 108 valence electrons. The van der Waals surface area contributed by atoms with Crippen molar-refractivity contribution in [1.29, 1.82) is 0 Å². The van der Waals surface area contributed by atoms with Gasteiger partial charge < -0.3 is 14.8 Å². The average molecular weight is 275 g/mol. The molecular formula is C16H21NO3. The Morgan fingerprint density at radius 2 is 2.15 bits per heavy atom. The van der Waals surface area contributed by atoms with Crippen molar-refractivity contribution in [2.75, 3.05) is 6.54 Å². The summed E-state index contributed by atoms with van der Waals surface area (Å²) in [4.78, 5) is 12.1. The molecule has 1 aromatic heterocycles. The van der Waals surface area contributed by atoms with Crippen molar-refractivity contribution >= 4 is 16.9 Å². The van der Waals surface area contributed by atoms with Crippen LogP contribution in [0.1, 0.15) is 41.4 Å². The van der Waals surface area contributed by atoms with E-state index >= 15 is 0 Å². The number of benzene rings is 1. The molecule has 1 atom stereocenters. The molecule has 20 heavy (non-hydrogen) atoms. The number of para-hydroxylation sites is 1. The molecule has 0 aliphatic carbocycles. The van der Waals surface area contributed by atoms with Gasteiger partial charge in [0.15, 0.2) is 5.76 Å². The van der Waals surface area contributed by atoms with Crippen LogP contribution in [0, 0.1) is 13.8 Å². The van der Waals surface area contributed by atoms with E-state index < -0.39 is 6.10 Å². The molecule has 0 fully saturated rings. The summed E-state index contributed by atoms with van der Waals surface area (Å²) in [5.41, 5.74) is 2.60. The van der Waals surface area contributed by atoms with Gasteiger partial charge in [0.2, 0.25) is 0 Å². The summed E-state index contributed by atoms with van der Waals surface area (Å²) in [5, 5.41) is 13.3. The molecule has 0 radical (unpaired) electrons. The number of carbonyl (C=O) groups is 1. The van der Waals surface area contributed by atoms with Gasteiger partial charge in [0, 0.05) is 17.5 Å².